The van der Waals surface area contributed by atoms with Gasteiger partial charge in [-0.2, -0.15) is 0 Å². The van der Waals surface area contributed by atoms with Crippen LogP contribution in [0.5, 0.6) is 0 Å². The fourth-order valence-electron chi connectivity index (χ4n) is 5.53. The first-order valence-electron chi connectivity index (χ1n) is 15.1. The molecular weight excluding hydrogens is 522 g/mol. The molecule has 0 bridgehead atoms. The maximum atomic E-state index is 12.3. The van der Waals surface area contributed by atoms with E-state index in [9.17, 15) is 14.7 Å². The smallest absolute Gasteiger partial charge is 0.243 e. The van der Waals surface area contributed by atoms with Gasteiger partial charge in [0.15, 0.2) is 6.29 Å². The van der Waals surface area contributed by atoms with Gasteiger partial charge in [0.2, 0.25) is 11.8 Å². The van der Waals surface area contributed by atoms with E-state index in [0.717, 1.165) is 67.6 Å². The van der Waals surface area contributed by atoms with E-state index < -0.39 is 6.29 Å². The molecule has 3 atom stereocenters. The van der Waals surface area contributed by atoms with Crippen molar-refractivity contribution in [2.24, 2.45) is 0 Å². The highest BCUT2D eigenvalue weighted by Crippen LogP contribution is 2.38. The fourth-order valence-corrected chi connectivity index (χ4v) is 5.53. The van der Waals surface area contributed by atoms with E-state index in [2.05, 4.69) is 10.2 Å². The summed E-state index contributed by atoms with van der Waals surface area (Å²) in [5, 5.41) is 20.9. The van der Waals surface area contributed by atoms with Crippen LogP contribution >= 0.6 is 0 Å². The number of piperidine rings is 1. The molecule has 2 saturated heterocycles. The van der Waals surface area contributed by atoms with Crippen molar-refractivity contribution in [1.82, 2.24) is 15.7 Å². The SMILES string of the molecule is O=C(CCCCCCC(=O)NCc1ccc([C@H]2O[C@@H](CN3CCCCC3)C[C@@H](c3ccc(CO)cc3)O2)cc1)NO. The van der Waals surface area contributed by atoms with Crippen LogP contribution in [0.1, 0.15) is 98.9 Å². The van der Waals surface area contributed by atoms with Crippen LogP contribution in [0, 0.1) is 0 Å². The van der Waals surface area contributed by atoms with Gasteiger partial charge in [0.1, 0.15) is 0 Å². The molecule has 0 unspecified atom stereocenters. The molecule has 2 fully saturated rings. The molecule has 4 rings (SSSR count). The summed E-state index contributed by atoms with van der Waals surface area (Å²) in [7, 11) is 0. The fraction of sp³-hybridized carbons (Fsp3) is 0.562. The zero-order valence-corrected chi connectivity index (χ0v) is 23.9. The van der Waals surface area contributed by atoms with Gasteiger partial charge in [0.05, 0.1) is 18.8 Å². The zero-order chi connectivity index (χ0) is 28.9. The second kappa shape index (κ2) is 16.6. The number of unbranched alkanes of at least 4 members (excludes halogenated alkanes) is 3. The van der Waals surface area contributed by atoms with Crippen LogP contribution < -0.4 is 10.8 Å². The quantitative estimate of drug-likeness (QED) is 0.149. The van der Waals surface area contributed by atoms with Crippen molar-refractivity contribution in [2.75, 3.05) is 19.6 Å². The number of nitrogens with one attached hydrogen (secondary N) is 2. The van der Waals surface area contributed by atoms with Crippen molar-refractivity contribution >= 4 is 11.8 Å². The number of aliphatic hydroxyl groups is 1. The molecule has 2 heterocycles. The van der Waals surface area contributed by atoms with Crippen LogP contribution in [0.15, 0.2) is 48.5 Å². The number of carbonyl (C=O) groups excluding carboxylic acids is 2. The van der Waals surface area contributed by atoms with Gasteiger partial charge in [-0.05, 0) is 55.5 Å². The van der Waals surface area contributed by atoms with Crippen LogP contribution in [0.25, 0.3) is 0 Å². The van der Waals surface area contributed by atoms with Crippen LogP contribution in [0.4, 0.5) is 0 Å². The summed E-state index contributed by atoms with van der Waals surface area (Å²) < 4.78 is 13.0. The highest BCUT2D eigenvalue weighted by Gasteiger charge is 2.33. The number of hydrogen-bond acceptors (Lipinski definition) is 7. The number of benzene rings is 2. The van der Waals surface area contributed by atoms with Gasteiger partial charge < -0.3 is 24.8 Å². The lowest BCUT2D eigenvalue weighted by molar-refractivity contribution is -0.253. The van der Waals surface area contributed by atoms with Gasteiger partial charge in [0.25, 0.3) is 0 Å². The first-order valence-corrected chi connectivity index (χ1v) is 15.1. The van der Waals surface area contributed by atoms with Crippen molar-refractivity contribution < 1.29 is 29.4 Å². The first kappa shape index (κ1) is 31.1. The average molecular weight is 568 g/mol. The molecule has 2 aromatic carbocycles. The number of rotatable bonds is 14. The molecule has 0 saturated carbocycles. The largest absolute Gasteiger partial charge is 0.392 e. The standard InChI is InChI=1S/C32H45N3O6/c36-23-25-12-14-26(15-13-25)29-20-28(22-35-18-6-3-7-19-35)40-32(41-29)27-16-10-24(11-17-27)21-33-30(37)8-4-1-2-5-9-31(38)34-39/h10-17,28-29,32,36,39H,1-9,18-23H2,(H,33,37)(H,34,38)/t28-,29+,32+/m1/s1. The molecule has 9 nitrogen and oxygen atoms in total. The summed E-state index contributed by atoms with van der Waals surface area (Å²) in [6, 6.07) is 16.0. The van der Waals surface area contributed by atoms with E-state index in [1.54, 1.807) is 5.48 Å². The summed E-state index contributed by atoms with van der Waals surface area (Å²) in [5.41, 5.74) is 5.57. The molecule has 2 aliphatic heterocycles. The Balaban J connectivity index is 1.29. The Kier molecular flexibility index (Phi) is 12.6. The Morgan fingerprint density at radius 3 is 2.10 bits per heavy atom. The van der Waals surface area contributed by atoms with Crippen LogP contribution in [-0.2, 0) is 32.2 Å². The van der Waals surface area contributed by atoms with Gasteiger partial charge in [-0.1, -0.05) is 67.8 Å². The number of aliphatic hydroxyl groups excluding tert-OH is 1. The van der Waals surface area contributed by atoms with Crippen molar-refractivity contribution in [3.8, 4) is 0 Å². The Hall–Kier alpha value is -2.82. The Morgan fingerprint density at radius 1 is 0.805 bits per heavy atom. The third-order valence-corrected chi connectivity index (χ3v) is 7.95. The minimum Gasteiger partial charge on any atom is -0.392 e. The van der Waals surface area contributed by atoms with Gasteiger partial charge in [0, 0.05) is 37.9 Å². The summed E-state index contributed by atoms with van der Waals surface area (Å²) in [6.45, 7) is 3.61. The minimum absolute atomic E-state index is 0.0109. The number of carbonyl (C=O) groups is 2. The molecule has 2 amide bonds. The molecule has 41 heavy (non-hydrogen) atoms. The lowest BCUT2D eigenvalue weighted by Gasteiger charge is -2.39. The van der Waals surface area contributed by atoms with Crippen molar-refractivity contribution in [3.63, 3.8) is 0 Å². The average Bonchev–Trinajstić information content (AvgIpc) is 3.02. The lowest BCUT2D eigenvalue weighted by atomic mass is 9.99. The molecule has 4 N–H and O–H groups in total. The van der Waals surface area contributed by atoms with Crippen LogP contribution in [-0.4, -0.2) is 52.8 Å². The number of nitrogens with zero attached hydrogens (tertiary/aromatic N) is 1. The molecule has 0 aromatic heterocycles. The zero-order valence-electron chi connectivity index (χ0n) is 23.9. The van der Waals surface area contributed by atoms with Crippen molar-refractivity contribution in [1.29, 1.82) is 0 Å². The molecule has 0 spiro atoms. The van der Waals surface area contributed by atoms with E-state index in [4.69, 9.17) is 14.7 Å². The maximum Gasteiger partial charge on any atom is 0.243 e. The van der Waals surface area contributed by atoms with Gasteiger partial charge in [-0.25, -0.2) is 5.48 Å². The monoisotopic (exact) mass is 567 g/mol. The normalized spacial score (nSPS) is 21.4. The van der Waals surface area contributed by atoms with E-state index >= 15 is 0 Å². The summed E-state index contributed by atoms with van der Waals surface area (Å²) >= 11 is 0. The second-order valence-electron chi connectivity index (χ2n) is 11.2. The Labute approximate surface area is 243 Å². The number of likely N-dealkylation sites (tertiary alicyclic amines) is 1. The van der Waals surface area contributed by atoms with E-state index in [1.165, 1.54) is 19.3 Å². The molecular formula is C32H45N3O6. The number of hydroxylamine groups is 1. The van der Waals surface area contributed by atoms with E-state index in [-0.39, 0.29) is 30.6 Å². The topological polar surface area (TPSA) is 120 Å². The summed E-state index contributed by atoms with van der Waals surface area (Å²) in [4.78, 5) is 25.8. The van der Waals surface area contributed by atoms with Gasteiger partial charge in [-0.15, -0.1) is 0 Å². The predicted octanol–water partition coefficient (Wildman–Crippen LogP) is 4.67. The molecule has 224 valence electrons. The molecule has 9 heteroatoms. The lowest BCUT2D eigenvalue weighted by Crippen LogP contribution is -2.41. The minimum atomic E-state index is -0.479. The third kappa shape index (κ3) is 10.2. The summed E-state index contributed by atoms with van der Waals surface area (Å²) in [5.74, 6) is -0.363. The molecule has 2 aliphatic rings. The maximum absolute atomic E-state index is 12.3. The number of ether oxygens (including phenoxy) is 2. The highest BCUT2D eigenvalue weighted by molar-refractivity contribution is 5.75. The van der Waals surface area contributed by atoms with Gasteiger partial charge in [-0.3, -0.25) is 14.8 Å². The van der Waals surface area contributed by atoms with Crippen molar-refractivity contribution in [3.05, 3.63) is 70.8 Å². The van der Waals surface area contributed by atoms with E-state index in [1.807, 2.05) is 48.5 Å². The van der Waals surface area contributed by atoms with Gasteiger partial charge >= 0.3 is 0 Å². The number of hydrogen-bond donors (Lipinski definition) is 4. The van der Waals surface area contributed by atoms with Crippen LogP contribution in [0.3, 0.4) is 0 Å². The van der Waals surface area contributed by atoms with E-state index in [0.29, 0.717) is 25.8 Å². The van der Waals surface area contributed by atoms with Crippen molar-refractivity contribution in [2.45, 2.75) is 95.9 Å². The Bertz CT molecular complexity index is 1070. The van der Waals surface area contributed by atoms with Crippen LogP contribution in [0.2, 0.25) is 0 Å². The molecule has 2 aromatic rings. The second-order valence-corrected chi connectivity index (χ2v) is 11.2. The summed E-state index contributed by atoms with van der Waals surface area (Å²) in [6.07, 6.45) is 7.98. The number of amides is 2. The molecule has 0 radical (unpaired) electrons. The first-order chi connectivity index (χ1) is 20.0. The third-order valence-electron chi connectivity index (χ3n) is 7.95. The highest BCUT2D eigenvalue weighted by atomic mass is 16.7. The Morgan fingerprint density at radius 2 is 1.44 bits per heavy atom. The molecule has 0 aliphatic carbocycles. The predicted molar refractivity (Wildman–Crippen MR) is 155 cm³/mol.